The van der Waals surface area contributed by atoms with E-state index in [0.29, 0.717) is 25.3 Å². The Hall–Kier alpha value is -1.06. The van der Waals surface area contributed by atoms with Crippen LogP contribution in [-0.2, 0) is 27.2 Å². The topological polar surface area (TPSA) is 18.5 Å². The van der Waals surface area contributed by atoms with E-state index in [1.54, 1.807) is 13.8 Å². The van der Waals surface area contributed by atoms with Crippen LogP contribution in [0.4, 0.5) is 26.3 Å². The molecule has 0 saturated carbocycles. The lowest BCUT2D eigenvalue weighted by atomic mass is 10.1. The van der Waals surface area contributed by atoms with Crippen LogP contribution in [0.25, 0.3) is 0 Å². The van der Waals surface area contributed by atoms with Gasteiger partial charge in [-0.2, -0.15) is 26.3 Å². The van der Waals surface area contributed by atoms with Crippen molar-refractivity contribution < 1.29 is 35.2 Å². The maximum absolute atomic E-state index is 12.8. The molecule has 0 amide bonds. The van der Waals surface area contributed by atoms with Gasteiger partial charge in [-0.15, -0.1) is 0 Å². The van der Waals surface area contributed by atoms with E-state index in [1.165, 1.54) is 0 Å². The lowest BCUT2D eigenvalue weighted by Gasteiger charge is -2.17. The smallest absolute Gasteiger partial charge is 0.397 e. The highest BCUT2D eigenvalue weighted by Gasteiger charge is 2.37. The lowest BCUT2D eigenvalue weighted by molar-refractivity contribution is -0.143. The summed E-state index contributed by atoms with van der Waals surface area (Å²) in [7, 11) is -2.34. The number of hydrogen-bond acceptors (Lipinski definition) is 2. The van der Waals surface area contributed by atoms with E-state index < -0.39 is 32.8 Å². The molecule has 0 radical (unpaired) electrons. The molecule has 0 aliphatic carbocycles. The standard InChI is InChI=1S/C13H16F6O2Si/c1-3-20-22(21-4-2)8-9-5-10(12(14,15)16)7-11(6-9)13(17,18)19/h5-7,22H,3-4,8H2,1-2H3. The van der Waals surface area contributed by atoms with E-state index in [0.717, 1.165) is 0 Å². The van der Waals surface area contributed by atoms with Crippen molar-refractivity contribution in [3.05, 3.63) is 34.9 Å². The fraction of sp³-hybridized carbons (Fsp3) is 0.538. The van der Waals surface area contributed by atoms with Crippen molar-refractivity contribution in [2.45, 2.75) is 32.2 Å². The largest absolute Gasteiger partial charge is 0.416 e. The third-order valence-corrected chi connectivity index (χ3v) is 4.97. The summed E-state index contributed by atoms with van der Waals surface area (Å²) in [6.07, 6.45) is -9.69. The average molecular weight is 346 g/mol. The molecule has 0 aromatic heterocycles. The Morgan fingerprint density at radius 2 is 1.23 bits per heavy atom. The molecule has 22 heavy (non-hydrogen) atoms. The van der Waals surface area contributed by atoms with Gasteiger partial charge >= 0.3 is 21.6 Å². The minimum absolute atomic E-state index is 0.0608. The summed E-state index contributed by atoms with van der Waals surface area (Å²) in [4.78, 5) is 0. The summed E-state index contributed by atoms with van der Waals surface area (Å²) in [5, 5.41) is 0. The van der Waals surface area contributed by atoms with Crippen molar-refractivity contribution in [3.8, 4) is 0 Å². The van der Waals surface area contributed by atoms with Gasteiger partial charge < -0.3 is 8.85 Å². The Bertz CT molecular complexity index is 448. The zero-order chi connectivity index (χ0) is 17.0. The number of benzene rings is 1. The molecule has 2 nitrogen and oxygen atoms in total. The number of rotatable bonds is 6. The van der Waals surface area contributed by atoms with Crippen molar-refractivity contribution in [2.24, 2.45) is 0 Å². The number of alkyl halides is 6. The molecule has 0 unspecified atom stereocenters. The van der Waals surface area contributed by atoms with Gasteiger partial charge in [0.25, 0.3) is 0 Å². The van der Waals surface area contributed by atoms with Gasteiger partial charge in [0.1, 0.15) is 0 Å². The van der Waals surface area contributed by atoms with E-state index in [4.69, 9.17) is 8.85 Å². The first-order valence-corrected chi connectivity index (χ1v) is 8.35. The minimum atomic E-state index is -4.84. The third kappa shape index (κ3) is 5.62. The molecule has 1 rings (SSSR count). The molecule has 0 fully saturated rings. The third-order valence-electron chi connectivity index (χ3n) is 2.75. The zero-order valence-corrected chi connectivity index (χ0v) is 13.2. The van der Waals surface area contributed by atoms with Gasteiger partial charge in [-0.25, -0.2) is 0 Å². The van der Waals surface area contributed by atoms with E-state index in [9.17, 15) is 26.3 Å². The van der Waals surface area contributed by atoms with Crippen LogP contribution in [0.5, 0.6) is 0 Å². The van der Waals surface area contributed by atoms with E-state index in [1.807, 2.05) is 0 Å². The van der Waals surface area contributed by atoms with Crippen molar-refractivity contribution in [1.82, 2.24) is 0 Å². The van der Waals surface area contributed by atoms with E-state index in [2.05, 4.69) is 0 Å². The van der Waals surface area contributed by atoms with Crippen LogP contribution in [0.2, 0.25) is 0 Å². The van der Waals surface area contributed by atoms with Crippen molar-refractivity contribution in [3.63, 3.8) is 0 Å². The van der Waals surface area contributed by atoms with Gasteiger partial charge in [0.15, 0.2) is 0 Å². The first-order valence-electron chi connectivity index (χ1n) is 6.59. The minimum Gasteiger partial charge on any atom is -0.397 e. The summed E-state index contributed by atoms with van der Waals surface area (Å²) in [5.74, 6) is 0. The van der Waals surface area contributed by atoms with Crippen LogP contribution in [0.3, 0.4) is 0 Å². The number of halogens is 6. The number of hydrogen-bond donors (Lipinski definition) is 0. The molecule has 0 heterocycles. The second-order valence-electron chi connectivity index (χ2n) is 4.46. The molecular formula is C13H16F6O2Si. The average Bonchev–Trinajstić information content (AvgIpc) is 2.37. The van der Waals surface area contributed by atoms with Crippen LogP contribution >= 0.6 is 0 Å². The predicted molar refractivity (Wildman–Crippen MR) is 70.6 cm³/mol. The maximum Gasteiger partial charge on any atom is 0.416 e. The van der Waals surface area contributed by atoms with Crippen LogP contribution in [0.1, 0.15) is 30.5 Å². The molecule has 1 aromatic rings. The summed E-state index contributed by atoms with van der Waals surface area (Å²) < 4.78 is 87.1. The highest BCUT2D eigenvalue weighted by atomic mass is 28.3. The molecular weight excluding hydrogens is 330 g/mol. The fourth-order valence-electron chi connectivity index (χ4n) is 1.87. The van der Waals surface area contributed by atoms with Gasteiger partial charge in [-0.1, -0.05) is 0 Å². The molecule has 9 heteroatoms. The van der Waals surface area contributed by atoms with Crippen molar-refractivity contribution in [1.29, 1.82) is 0 Å². The monoisotopic (exact) mass is 346 g/mol. The van der Waals surface area contributed by atoms with Gasteiger partial charge in [-0.3, -0.25) is 0 Å². The second kappa shape index (κ2) is 7.47. The highest BCUT2D eigenvalue weighted by molar-refractivity contribution is 6.43. The first-order chi connectivity index (χ1) is 10.1. The SMILES string of the molecule is CCO[SiH](Cc1cc(C(F)(F)F)cc(C(F)(F)F)c1)OCC. The van der Waals surface area contributed by atoms with Crippen molar-refractivity contribution in [2.75, 3.05) is 13.2 Å². The van der Waals surface area contributed by atoms with Gasteiger partial charge in [0.2, 0.25) is 0 Å². The second-order valence-corrected chi connectivity index (χ2v) is 6.39. The molecule has 0 bridgehead atoms. The zero-order valence-electron chi connectivity index (χ0n) is 12.0. The quantitative estimate of drug-likeness (QED) is 0.570. The van der Waals surface area contributed by atoms with Gasteiger partial charge in [0, 0.05) is 19.3 Å². The highest BCUT2D eigenvalue weighted by Crippen LogP contribution is 2.36. The Kier molecular flexibility index (Phi) is 6.45. The molecule has 0 atom stereocenters. The van der Waals surface area contributed by atoms with Gasteiger partial charge in [-0.05, 0) is 37.6 Å². The van der Waals surface area contributed by atoms with E-state index >= 15 is 0 Å². The Morgan fingerprint density at radius 3 is 1.55 bits per heavy atom. The van der Waals surface area contributed by atoms with Crippen LogP contribution in [0.15, 0.2) is 18.2 Å². The summed E-state index contributed by atoms with van der Waals surface area (Å²) in [6.45, 7) is 3.96. The Labute approximate surface area is 125 Å². The Morgan fingerprint density at radius 1 is 0.818 bits per heavy atom. The first kappa shape index (κ1) is 19.0. The molecule has 1 aromatic carbocycles. The molecule has 0 saturated heterocycles. The lowest BCUT2D eigenvalue weighted by Crippen LogP contribution is -2.26. The maximum atomic E-state index is 12.8. The normalized spacial score (nSPS) is 13.0. The summed E-state index contributed by atoms with van der Waals surface area (Å²) in [5.41, 5.74) is -2.73. The van der Waals surface area contributed by atoms with Crippen LogP contribution in [0, 0.1) is 0 Å². The Balaban J connectivity index is 3.17. The molecule has 126 valence electrons. The predicted octanol–water partition coefficient (Wildman–Crippen LogP) is 4.10. The summed E-state index contributed by atoms with van der Waals surface area (Å²) in [6, 6.07) is 1.48. The summed E-state index contributed by atoms with van der Waals surface area (Å²) >= 11 is 0. The molecule has 0 N–H and O–H groups in total. The van der Waals surface area contributed by atoms with Crippen molar-refractivity contribution >= 4 is 9.28 Å². The van der Waals surface area contributed by atoms with Crippen LogP contribution in [-0.4, -0.2) is 22.5 Å². The van der Waals surface area contributed by atoms with E-state index in [-0.39, 0.29) is 17.7 Å². The van der Waals surface area contributed by atoms with Gasteiger partial charge in [0.05, 0.1) is 11.1 Å². The molecule has 0 aliphatic heterocycles. The molecule has 0 aliphatic rings. The van der Waals surface area contributed by atoms with Crippen LogP contribution < -0.4 is 0 Å². The molecule has 0 spiro atoms. The fourth-order valence-corrected chi connectivity index (χ4v) is 3.56.